The summed E-state index contributed by atoms with van der Waals surface area (Å²) in [6.07, 6.45) is 1.02. The molecule has 0 spiro atoms. The standard InChI is InChI=1S/C15H22N2O4/c1-5-11-13(10(3)18)9(2)16-14(11)15(21)17(4)8-6-7-12(19)20/h16H,5-8H2,1-4H3,(H,19,20). The van der Waals surface area contributed by atoms with Crippen LogP contribution in [-0.2, 0) is 11.2 Å². The number of H-pyrrole nitrogens is 1. The predicted octanol–water partition coefficient (Wildman–Crippen LogP) is 2.02. The van der Waals surface area contributed by atoms with Crippen molar-refractivity contribution in [3.63, 3.8) is 0 Å². The van der Waals surface area contributed by atoms with E-state index in [0.29, 0.717) is 36.3 Å². The van der Waals surface area contributed by atoms with Crippen molar-refractivity contribution in [3.05, 3.63) is 22.5 Å². The lowest BCUT2D eigenvalue weighted by Gasteiger charge is -2.16. The Balaban J connectivity index is 2.94. The van der Waals surface area contributed by atoms with E-state index in [4.69, 9.17) is 5.11 Å². The van der Waals surface area contributed by atoms with Crippen LogP contribution < -0.4 is 0 Å². The van der Waals surface area contributed by atoms with Crippen molar-refractivity contribution in [2.45, 2.75) is 40.0 Å². The van der Waals surface area contributed by atoms with Gasteiger partial charge in [-0.05, 0) is 32.3 Å². The molecule has 0 bridgehead atoms. The maximum Gasteiger partial charge on any atom is 0.303 e. The number of hydrogen-bond donors (Lipinski definition) is 2. The summed E-state index contributed by atoms with van der Waals surface area (Å²) in [7, 11) is 1.63. The van der Waals surface area contributed by atoms with Gasteiger partial charge < -0.3 is 15.0 Å². The third-order valence-corrected chi connectivity index (χ3v) is 3.44. The Morgan fingerprint density at radius 3 is 2.38 bits per heavy atom. The molecule has 0 aliphatic heterocycles. The summed E-state index contributed by atoms with van der Waals surface area (Å²) in [5.41, 5.74) is 2.44. The number of nitrogens with zero attached hydrogens (tertiary/aromatic N) is 1. The third-order valence-electron chi connectivity index (χ3n) is 3.44. The van der Waals surface area contributed by atoms with E-state index >= 15 is 0 Å². The molecular formula is C15H22N2O4. The molecule has 0 saturated heterocycles. The maximum absolute atomic E-state index is 12.4. The fourth-order valence-electron chi connectivity index (χ4n) is 2.45. The highest BCUT2D eigenvalue weighted by molar-refractivity contribution is 6.02. The van der Waals surface area contributed by atoms with Crippen molar-refractivity contribution < 1.29 is 19.5 Å². The molecule has 116 valence electrons. The Hall–Kier alpha value is -2.11. The van der Waals surface area contributed by atoms with Gasteiger partial charge in [-0.2, -0.15) is 0 Å². The molecule has 0 atom stereocenters. The Labute approximate surface area is 124 Å². The van der Waals surface area contributed by atoms with Crippen LogP contribution in [0.15, 0.2) is 0 Å². The largest absolute Gasteiger partial charge is 0.481 e. The molecule has 0 aromatic carbocycles. The number of hydrogen-bond acceptors (Lipinski definition) is 3. The second-order valence-corrected chi connectivity index (χ2v) is 5.11. The van der Waals surface area contributed by atoms with Crippen LogP contribution >= 0.6 is 0 Å². The van der Waals surface area contributed by atoms with E-state index in [1.807, 2.05) is 6.92 Å². The second kappa shape index (κ2) is 7.06. The minimum Gasteiger partial charge on any atom is -0.481 e. The summed E-state index contributed by atoms with van der Waals surface area (Å²) in [5, 5.41) is 8.62. The molecule has 1 rings (SSSR count). The number of nitrogens with one attached hydrogen (secondary N) is 1. The molecule has 1 heterocycles. The Bertz CT molecular complexity index is 560. The van der Waals surface area contributed by atoms with Crippen molar-refractivity contribution in [3.8, 4) is 0 Å². The molecule has 6 heteroatoms. The van der Waals surface area contributed by atoms with Gasteiger partial charge in [0.25, 0.3) is 5.91 Å². The molecule has 0 saturated carbocycles. The summed E-state index contributed by atoms with van der Waals surface area (Å²) in [5.74, 6) is -1.15. The minimum atomic E-state index is -0.875. The Morgan fingerprint density at radius 2 is 1.90 bits per heavy atom. The van der Waals surface area contributed by atoms with Gasteiger partial charge in [-0.25, -0.2) is 0 Å². The van der Waals surface area contributed by atoms with Gasteiger partial charge >= 0.3 is 5.97 Å². The molecule has 0 fully saturated rings. The number of carboxylic acids is 1. The molecule has 0 aliphatic carbocycles. The molecule has 1 amide bonds. The molecule has 2 N–H and O–H groups in total. The van der Waals surface area contributed by atoms with Gasteiger partial charge in [-0.15, -0.1) is 0 Å². The van der Waals surface area contributed by atoms with E-state index in [1.165, 1.54) is 11.8 Å². The van der Waals surface area contributed by atoms with Gasteiger partial charge in [-0.3, -0.25) is 14.4 Å². The van der Waals surface area contributed by atoms with Crippen LogP contribution in [0.25, 0.3) is 0 Å². The van der Waals surface area contributed by atoms with Gasteiger partial charge in [0.05, 0.1) is 0 Å². The minimum absolute atomic E-state index is 0.0285. The molecule has 0 aliphatic rings. The van der Waals surface area contributed by atoms with E-state index < -0.39 is 5.97 Å². The quantitative estimate of drug-likeness (QED) is 0.753. The number of carbonyl (C=O) groups excluding carboxylic acids is 2. The average molecular weight is 294 g/mol. The van der Waals surface area contributed by atoms with Crippen LogP contribution in [0.5, 0.6) is 0 Å². The SMILES string of the molecule is CCc1c(C(=O)N(C)CCCC(=O)O)[nH]c(C)c1C(C)=O. The predicted molar refractivity (Wildman–Crippen MR) is 78.7 cm³/mol. The lowest BCUT2D eigenvalue weighted by Crippen LogP contribution is -2.29. The monoisotopic (exact) mass is 294 g/mol. The first-order valence-corrected chi connectivity index (χ1v) is 6.99. The Kier molecular flexibility index (Phi) is 5.69. The number of amides is 1. The Morgan fingerprint density at radius 1 is 1.29 bits per heavy atom. The van der Waals surface area contributed by atoms with Crippen LogP contribution in [0, 0.1) is 6.92 Å². The number of carboxylic acid groups (broad SMARTS) is 1. The van der Waals surface area contributed by atoms with Crippen LogP contribution in [0.3, 0.4) is 0 Å². The zero-order valence-corrected chi connectivity index (χ0v) is 12.9. The molecule has 0 unspecified atom stereocenters. The third kappa shape index (κ3) is 3.93. The normalized spacial score (nSPS) is 10.5. The van der Waals surface area contributed by atoms with Crippen molar-refractivity contribution >= 4 is 17.7 Å². The van der Waals surface area contributed by atoms with Crippen molar-refractivity contribution in [1.29, 1.82) is 0 Å². The van der Waals surface area contributed by atoms with Crippen LogP contribution in [0.4, 0.5) is 0 Å². The summed E-state index contributed by atoms with van der Waals surface area (Å²) in [4.78, 5) is 39.1. The molecule has 0 radical (unpaired) electrons. The van der Waals surface area contributed by atoms with E-state index in [0.717, 1.165) is 5.56 Å². The van der Waals surface area contributed by atoms with Crippen LogP contribution in [-0.4, -0.2) is 46.2 Å². The van der Waals surface area contributed by atoms with Crippen molar-refractivity contribution in [2.24, 2.45) is 0 Å². The highest BCUT2D eigenvalue weighted by atomic mass is 16.4. The first-order chi connectivity index (χ1) is 9.79. The number of aromatic amines is 1. The van der Waals surface area contributed by atoms with Gasteiger partial charge in [0.15, 0.2) is 5.78 Å². The fraction of sp³-hybridized carbons (Fsp3) is 0.533. The van der Waals surface area contributed by atoms with E-state index in [1.54, 1.807) is 14.0 Å². The van der Waals surface area contributed by atoms with Crippen molar-refractivity contribution in [2.75, 3.05) is 13.6 Å². The fourth-order valence-corrected chi connectivity index (χ4v) is 2.45. The summed E-state index contributed by atoms with van der Waals surface area (Å²) in [6, 6.07) is 0. The number of ketones is 1. The van der Waals surface area contributed by atoms with Gasteiger partial charge in [-0.1, -0.05) is 6.92 Å². The van der Waals surface area contributed by atoms with E-state index in [9.17, 15) is 14.4 Å². The molecule has 6 nitrogen and oxygen atoms in total. The number of rotatable bonds is 7. The number of Topliss-reactive ketones (excluding diaryl/α,β-unsaturated/α-hetero) is 1. The van der Waals surface area contributed by atoms with E-state index in [-0.39, 0.29) is 18.1 Å². The van der Waals surface area contributed by atoms with Crippen LogP contribution in [0.1, 0.15) is 58.8 Å². The highest BCUT2D eigenvalue weighted by Gasteiger charge is 2.23. The number of aromatic nitrogens is 1. The second-order valence-electron chi connectivity index (χ2n) is 5.11. The van der Waals surface area contributed by atoms with E-state index in [2.05, 4.69) is 4.98 Å². The summed E-state index contributed by atoms with van der Waals surface area (Å²) < 4.78 is 0. The lowest BCUT2D eigenvalue weighted by atomic mass is 10.0. The highest BCUT2D eigenvalue weighted by Crippen LogP contribution is 2.21. The molecule has 1 aromatic heterocycles. The first-order valence-electron chi connectivity index (χ1n) is 6.99. The van der Waals surface area contributed by atoms with Crippen molar-refractivity contribution in [1.82, 2.24) is 9.88 Å². The number of carbonyl (C=O) groups is 3. The van der Waals surface area contributed by atoms with Crippen LogP contribution in [0.2, 0.25) is 0 Å². The van der Waals surface area contributed by atoms with Gasteiger partial charge in [0.1, 0.15) is 5.69 Å². The zero-order valence-electron chi connectivity index (χ0n) is 12.9. The molecule has 1 aromatic rings. The topological polar surface area (TPSA) is 90.5 Å². The van der Waals surface area contributed by atoms with Gasteiger partial charge in [0.2, 0.25) is 0 Å². The zero-order chi connectivity index (χ0) is 16.2. The van der Waals surface area contributed by atoms with Gasteiger partial charge in [0, 0.05) is 31.3 Å². The summed E-state index contributed by atoms with van der Waals surface area (Å²) >= 11 is 0. The molecular weight excluding hydrogens is 272 g/mol. The number of aryl methyl sites for hydroxylation is 1. The smallest absolute Gasteiger partial charge is 0.303 e. The first kappa shape index (κ1) is 16.9. The maximum atomic E-state index is 12.4. The average Bonchev–Trinajstić information content (AvgIpc) is 2.73. The summed E-state index contributed by atoms with van der Waals surface area (Å²) in [6.45, 7) is 5.52. The lowest BCUT2D eigenvalue weighted by molar-refractivity contribution is -0.137. The molecule has 21 heavy (non-hydrogen) atoms. The number of aliphatic carboxylic acids is 1.